The van der Waals surface area contributed by atoms with E-state index in [1.54, 1.807) is 0 Å². The van der Waals surface area contributed by atoms with Gasteiger partial charge in [-0.05, 0) is 44.4 Å². The average molecular weight is 271 g/mol. The molecule has 0 spiro atoms. The van der Waals surface area contributed by atoms with Gasteiger partial charge in [0.2, 0.25) is 5.91 Å². The Morgan fingerprint density at radius 2 is 1.63 bits per heavy atom. The number of amides is 1. The summed E-state index contributed by atoms with van der Waals surface area (Å²) in [5, 5.41) is 0. The minimum Gasteiger partial charge on any atom is -0.378 e. The van der Waals surface area contributed by atoms with Gasteiger partial charge in [0, 0.05) is 19.6 Å². The Balaban J connectivity index is 2.00. The minimum atomic E-state index is -0.245. The first kappa shape index (κ1) is 16.4. The van der Waals surface area contributed by atoms with Crippen LogP contribution in [0.5, 0.6) is 0 Å². The molecule has 1 saturated carbocycles. The first-order valence-corrected chi connectivity index (χ1v) is 7.59. The topological polar surface area (TPSA) is 61.6 Å². The predicted octanol–water partition coefficient (Wildman–Crippen LogP) is 2.64. The molecule has 19 heavy (non-hydrogen) atoms. The van der Waals surface area contributed by atoms with Gasteiger partial charge < -0.3 is 15.2 Å². The Morgan fingerprint density at radius 1 is 1.11 bits per heavy atom. The summed E-state index contributed by atoms with van der Waals surface area (Å²) in [4.78, 5) is 10.6. The number of ether oxygens (including phenoxy) is 2. The Kier molecular flexibility index (Phi) is 8.07. The van der Waals surface area contributed by atoms with Gasteiger partial charge in [-0.15, -0.1) is 0 Å². The molecule has 1 amide bonds. The van der Waals surface area contributed by atoms with E-state index < -0.39 is 0 Å². The van der Waals surface area contributed by atoms with E-state index in [9.17, 15) is 4.79 Å². The summed E-state index contributed by atoms with van der Waals surface area (Å²) >= 11 is 0. The van der Waals surface area contributed by atoms with Crippen molar-refractivity contribution in [2.75, 3.05) is 13.2 Å². The zero-order valence-electron chi connectivity index (χ0n) is 12.4. The van der Waals surface area contributed by atoms with Crippen molar-refractivity contribution in [1.82, 2.24) is 0 Å². The van der Waals surface area contributed by atoms with Crippen LogP contribution >= 0.6 is 0 Å². The fraction of sp³-hybridized carbons (Fsp3) is 0.933. The van der Waals surface area contributed by atoms with Gasteiger partial charge in [0.15, 0.2) is 0 Å². The van der Waals surface area contributed by atoms with Crippen LogP contribution in [-0.2, 0) is 14.3 Å². The number of primary amides is 1. The Hall–Kier alpha value is -0.610. The van der Waals surface area contributed by atoms with Crippen molar-refractivity contribution in [3.8, 4) is 0 Å². The molecule has 4 heteroatoms. The molecule has 2 N–H and O–H groups in total. The molecule has 0 saturated heterocycles. The molecule has 0 aromatic carbocycles. The fourth-order valence-corrected chi connectivity index (χ4v) is 2.33. The molecule has 0 aromatic rings. The molecule has 1 aliphatic carbocycles. The summed E-state index contributed by atoms with van der Waals surface area (Å²) in [6, 6.07) is 0. The lowest BCUT2D eigenvalue weighted by atomic mass is 9.95. The van der Waals surface area contributed by atoms with Crippen LogP contribution in [0.3, 0.4) is 0 Å². The molecule has 4 nitrogen and oxygen atoms in total. The Morgan fingerprint density at radius 3 is 2.11 bits per heavy atom. The Labute approximate surface area is 117 Å². The Bertz CT molecular complexity index is 248. The zero-order chi connectivity index (χ0) is 14.1. The minimum absolute atomic E-state index is 0.245. The van der Waals surface area contributed by atoms with Crippen LogP contribution in [0.2, 0.25) is 0 Å². The van der Waals surface area contributed by atoms with Gasteiger partial charge in [0.05, 0.1) is 12.2 Å². The van der Waals surface area contributed by atoms with Gasteiger partial charge in [-0.1, -0.05) is 13.8 Å². The quantitative estimate of drug-likeness (QED) is 0.656. The molecule has 112 valence electrons. The average Bonchev–Trinajstić information content (AvgIpc) is 2.36. The van der Waals surface area contributed by atoms with E-state index in [4.69, 9.17) is 15.2 Å². The van der Waals surface area contributed by atoms with Crippen molar-refractivity contribution in [3.63, 3.8) is 0 Å². The molecule has 0 radical (unpaired) electrons. The molecule has 0 aliphatic heterocycles. The molecule has 0 bridgehead atoms. The van der Waals surface area contributed by atoms with E-state index in [0.29, 0.717) is 31.2 Å². The number of hydrogen-bond acceptors (Lipinski definition) is 3. The molecule has 0 heterocycles. The highest BCUT2D eigenvalue weighted by molar-refractivity contribution is 5.73. The molecule has 0 atom stereocenters. The third-order valence-electron chi connectivity index (χ3n) is 3.59. The van der Waals surface area contributed by atoms with Gasteiger partial charge in [0.25, 0.3) is 0 Å². The van der Waals surface area contributed by atoms with E-state index in [1.807, 2.05) is 0 Å². The smallest absolute Gasteiger partial charge is 0.217 e. The molecular weight excluding hydrogens is 242 g/mol. The van der Waals surface area contributed by atoms with Crippen LogP contribution in [0.15, 0.2) is 0 Å². The highest BCUT2D eigenvalue weighted by Gasteiger charge is 2.21. The van der Waals surface area contributed by atoms with E-state index in [0.717, 1.165) is 45.1 Å². The first-order chi connectivity index (χ1) is 9.08. The van der Waals surface area contributed by atoms with Crippen LogP contribution in [0.1, 0.15) is 58.8 Å². The van der Waals surface area contributed by atoms with Crippen LogP contribution in [0.25, 0.3) is 0 Å². The second-order valence-electron chi connectivity index (χ2n) is 5.89. The molecule has 0 aromatic heterocycles. The third kappa shape index (κ3) is 8.22. The summed E-state index contributed by atoms with van der Waals surface area (Å²) in [6.45, 7) is 5.97. The van der Waals surface area contributed by atoms with Gasteiger partial charge in [-0.25, -0.2) is 0 Å². The maximum Gasteiger partial charge on any atom is 0.217 e. The second kappa shape index (κ2) is 9.32. The number of hydrogen-bond donors (Lipinski definition) is 1. The standard InChI is InChI=1S/C15H29NO3/c1-12(2)9-11-19-14-7-5-13(6-8-14)18-10-3-4-15(16)17/h12-14H,3-11H2,1-2H3,(H2,16,17). The van der Waals surface area contributed by atoms with Gasteiger partial charge in [-0.3, -0.25) is 4.79 Å². The van der Waals surface area contributed by atoms with Gasteiger partial charge >= 0.3 is 0 Å². The molecule has 1 aliphatic rings. The van der Waals surface area contributed by atoms with Crippen molar-refractivity contribution >= 4 is 5.91 Å². The van der Waals surface area contributed by atoms with Gasteiger partial charge in [0.1, 0.15) is 0 Å². The van der Waals surface area contributed by atoms with Crippen LogP contribution < -0.4 is 5.73 Å². The summed E-state index contributed by atoms with van der Waals surface area (Å²) < 4.78 is 11.6. The molecule has 1 rings (SSSR count). The predicted molar refractivity (Wildman–Crippen MR) is 75.8 cm³/mol. The van der Waals surface area contributed by atoms with Crippen molar-refractivity contribution in [2.24, 2.45) is 11.7 Å². The van der Waals surface area contributed by atoms with E-state index in [-0.39, 0.29) is 5.91 Å². The van der Waals surface area contributed by atoms with E-state index in [1.165, 1.54) is 0 Å². The van der Waals surface area contributed by atoms with Gasteiger partial charge in [-0.2, -0.15) is 0 Å². The molecule has 0 unspecified atom stereocenters. The lowest BCUT2D eigenvalue weighted by molar-refractivity contribution is -0.118. The second-order valence-corrected chi connectivity index (χ2v) is 5.89. The summed E-state index contributed by atoms with van der Waals surface area (Å²) in [5.74, 6) is 0.468. The van der Waals surface area contributed by atoms with Crippen LogP contribution in [0.4, 0.5) is 0 Å². The first-order valence-electron chi connectivity index (χ1n) is 7.59. The SMILES string of the molecule is CC(C)CCOC1CCC(OCCCC(N)=O)CC1. The largest absolute Gasteiger partial charge is 0.378 e. The number of carbonyl (C=O) groups is 1. The molecular formula is C15H29NO3. The van der Waals surface area contributed by atoms with Crippen molar-refractivity contribution < 1.29 is 14.3 Å². The maximum atomic E-state index is 10.6. The monoisotopic (exact) mass is 271 g/mol. The normalized spacial score (nSPS) is 23.7. The van der Waals surface area contributed by atoms with Crippen LogP contribution in [0, 0.1) is 5.92 Å². The summed E-state index contributed by atoms with van der Waals surface area (Å²) in [7, 11) is 0. The number of nitrogens with two attached hydrogens (primary N) is 1. The lowest BCUT2D eigenvalue weighted by Crippen LogP contribution is -2.27. The lowest BCUT2D eigenvalue weighted by Gasteiger charge is -2.28. The van der Waals surface area contributed by atoms with Crippen molar-refractivity contribution in [2.45, 2.75) is 71.0 Å². The third-order valence-corrected chi connectivity index (χ3v) is 3.59. The van der Waals surface area contributed by atoms with E-state index >= 15 is 0 Å². The molecule has 1 fully saturated rings. The highest BCUT2D eigenvalue weighted by atomic mass is 16.5. The maximum absolute atomic E-state index is 10.6. The number of carbonyl (C=O) groups excluding carboxylic acids is 1. The van der Waals surface area contributed by atoms with Crippen molar-refractivity contribution in [3.05, 3.63) is 0 Å². The number of rotatable bonds is 9. The summed E-state index contributed by atoms with van der Waals surface area (Å²) in [6.07, 6.45) is 7.41. The summed E-state index contributed by atoms with van der Waals surface area (Å²) in [5.41, 5.74) is 5.09. The van der Waals surface area contributed by atoms with Crippen molar-refractivity contribution in [1.29, 1.82) is 0 Å². The highest BCUT2D eigenvalue weighted by Crippen LogP contribution is 2.24. The zero-order valence-corrected chi connectivity index (χ0v) is 12.4. The fourth-order valence-electron chi connectivity index (χ4n) is 2.33. The van der Waals surface area contributed by atoms with E-state index in [2.05, 4.69) is 13.8 Å². The van der Waals surface area contributed by atoms with Crippen LogP contribution in [-0.4, -0.2) is 31.3 Å².